The molecule has 0 unspecified atom stereocenters. The smallest absolute Gasteiger partial charge is 0.433 e. The van der Waals surface area contributed by atoms with E-state index in [-0.39, 0.29) is 5.69 Å². The van der Waals surface area contributed by atoms with Gasteiger partial charge in [-0.2, -0.15) is 13.2 Å². The first-order valence-electron chi connectivity index (χ1n) is 3.92. The normalized spacial score (nSPS) is 10.2. The number of rotatable bonds is 0. The summed E-state index contributed by atoms with van der Waals surface area (Å²) in [4.78, 5) is 17.1. The highest BCUT2D eigenvalue weighted by molar-refractivity contribution is 5.88. The van der Waals surface area contributed by atoms with Gasteiger partial charge in [0.25, 0.3) is 0 Å². The SMILES string of the molecule is COC(=O)C#Cc1cc(C(F)(F)F)ncn1. The molecule has 0 spiro atoms. The van der Waals surface area contributed by atoms with E-state index in [1.165, 1.54) is 0 Å². The van der Waals surface area contributed by atoms with Crippen LogP contribution < -0.4 is 0 Å². The van der Waals surface area contributed by atoms with Crippen LogP contribution in [-0.4, -0.2) is 23.0 Å². The van der Waals surface area contributed by atoms with Crippen molar-refractivity contribution in [2.45, 2.75) is 6.18 Å². The molecular formula is C9H5F3N2O2. The average molecular weight is 230 g/mol. The van der Waals surface area contributed by atoms with Crippen molar-refractivity contribution in [3.8, 4) is 11.8 Å². The van der Waals surface area contributed by atoms with Crippen LogP contribution in [0.5, 0.6) is 0 Å². The molecule has 84 valence electrons. The third kappa shape index (κ3) is 3.24. The van der Waals surface area contributed by atoms with E-state index < -0.39 is 17.8 Å². The van der Waals surface area contributed by atoms with Crippen molar-refractivity contribution in [3.05, 3.63) is 23.8 Å². The second-order valence-electron chi connectivity index (χ2n) is 2.53. The number of carbonyl (C=O) groups is 1. The Balaban J connectivity index is 2.99. The quantitative estimate of drug-likeness (QED) is 0.493. The van der Waals surface area contributed by atoms with E-state index in [1.807, 2.05) is 5.92 Å². The Kier molecular flexibility index (Phi) is 3.45. The molecule has 0 aliphatic heterocycles. The van der Waals surface area contributed by atoms with Crippen LogP contribution >= 0.6 is 0 Å². The molecule has 0 aromatic carbocycles. The third-order valence-corrected chi connectivity index (χ3v) is 1.44. The van der Waals surface area contributed by atoms with Crippen molar-refractivity contribution in [3.63, 3.8) is 0 Å². The van der Waals surface area contributed by atoms with E-state index in [9.17, 15) is 18.0 Å². The summed E-state index contributed by atoms with van der Waals surface area (Å²) in [6.45, 7) is 0. The molecule has 0 bridgehead atoms. The van der Waals surface area contributed by atoms with Crippen LogP contribution in [0.1, 0.15) is 11.4 Å². The maximum atomic E-state index is 12.2. The standard InChI is InChI=1S/C9H5F3N2O2/c1-16-8(15)3-2-6-4-7(9(10,11)12)14-5-13-6/h4-5H,1H3. The van der Waals surface area contributed by atoms with Gasteiger partial charge in [-0.15, -0.1) is 0 Å². The van der Waals surface area contributed by atoms with Gasteiger partial charge in [-0.3, -0.25) is 0 Å². The van der Waals surface area contributed by atoms with Gasteiger partial charge < -0.3 is 4.74 Å². The highest BCUT2D eigenvalue weighted by Gasteiger charge is 2.32. The molecule has 7 heteroatoms. The fourth-order valence-corrected chi connectivity index (χ4v) is 0.747. The number of ether oxygens (including phenoxy) is 1. The van der Waals surface area contributed by atoms with Gasteiger partial charge in [0.15, 0.2) is 0 Å². The number of aromatic nitrogens is 2. The Morgan fingerprint density at radius 2 is 2.12 bits per heavy atom. The number of methoxy groups -OCH3 is 1. The van der Waals surface area contributed by atoms with E-state index in [2.05, 4.69) is 20.6 Å². The minimum atomic E-state index is -4.56. The lowest BCUT2D eigenvalue weighted by Gasteiger charge is -2.03. The van der Waals surface area contributed by atoms with Gasteiger partial charge in [0, 0.05) is 12.0 Å². The molecule has 16 heavy (non-hydrogen) atoms. The molecule has 1 aromatic heterocycles. The molecule has 0 fully saturated rings. The molecule has 0 saturated carbocycles. The summed E-state index contributed by atoms with van der Waals surface area (Å²) < 4.78 is 40.8. The second kappa shape index (κ2) is 4.61. The average Bonchev–Trinajstić information content (AvgIpc) is 2.25. The Hall–Kier alpha value is -2.10. The van der Waals surface area contributed by atoms with Crippen molar-refractivity contribution in [2.75, 3.05) is 7.11 Å². The minimum Gasteiger partial charge on any atom is -0.459 e. The van der Waals surface area contributed by atoms with E-state index in [1.54, 1.807) is 0 Å². The summed E-state index contributed by atoms with van der Waals surface area (Å²) in [7, 11) is 1.11. The second-order valence-corrected chi connectivity index (χ2v) is 2.53. The third-order valence-electron chi connectivity index (χ3n) is 1.44. The van der Waals surface area contributed by atoms with Crippen LogP contribution in [0.2, 0.25) is 0 Å². The van der Waals surface area contributed by atoms with E-state index in [0.29, 0.717) is 6.07 Å². The van der Waals surface area contributed by atoms with Gasteiger partial charge in [0.2, 0.25) is 0 Å². The predicted molar refractivity (Wildman–Crippen MR) is 45.9 cm³/mol. The number of hydrogen-bond donors (Lipinski definition) is 0. The van der Waals surface area contributed by atoms with Gasteiger partial charge >= 0.3 is 12.1 Å². The number of hydrogen-bond acceptors (Lipinski definition) is 4. The summed E-state index contributed by atoms with van der Waals surface area (Å²) in [5, 5.41) is 0. The Morgan fingerprint density at radius 1 is 1.44 bits per heavy atom. The minimum absolute atomic E-state index is 0.201. The van der Waals surface area contributed by atoms with Gasteiger partial charge in [0.1, 0.15) is 17.7 Å². The van der Waals surface area contributed by atoms with Crippen LogP contribution in [0, 0.1) is 11.8 Å². The number of alkyl halides is 3. The molecule has 0 aliphatic rings. The van der Waals surface area contributed by atoms with Crippen molar-refractivity contribution in [1.29, 1.82) is 0 Å². The van der Waals surface area contributed by atoms with Crippen molar-refractivity contribution < 1.29 is 22.7 Å². The summed E-state index contributed by atoms with van der Waals surface area (Å²) in [6.07, 6.45) is -3.84. The van der Waals surface area contributed by atoms with Crippen LogP contribution in [0.3, 0.4) is 0 Å². The molecule has 0 N–H and O–H groups in total. The zero-order valence-electron chi connectivity index (χ0n) is 8.00. The van der Waals surface area contributed by atoms with Crippen molar-refractivity contribution in [2.24, 2.45) is 0 Å². The van der Waals surface area contributed by atoms with Crippen molar-refractivity contribution >= 4 is 5.97 Å². The van der Waals surface area contributed by atoms with Gasteiger partial charge in [-0.1, -0.05) is 0 Å². The summed E-state index contributed by atoms with van der Waals surface area (Å²) in [6, 6.07) is 0.649. The topological polar surface area (TPSA) is 52.1 Å². The van der Waals surface area contributed by atoms with Gasteiger partial charge in [0.05, 0.1) is 7.11 Å². The Labute approximate surface area is 88.5 Å². The first-order chi connectivity index (χ1) is 7.43. The summed E-state index contributed by atoms with van der Waals surface area (Å²) in [5.41, 5.74) is -1.32. The molecule has 0 radical (unpaired) electrons. The first-order valence-corrected chi connectivity index (χ1v) is 3.92. The number of nitrogens with zero attached hydrogens (tertiary/aromatic N) is 2. The van der Waals surface area contributed by atoms with Crippen LogP contribution in [0.25, 0.3) is 0 Å². The highest BCUT2D eigenvalue weighted by Crippen LogP contribution is 2.26. The number of carbonyl (C=O) groups excluding carboxylic acids is 1. The van der Waals surface area contributed by atoms with E-state index in [4.69, 9.17) is 0 Å². The highest BCUT2D eigenvalue weighted by atomic mass is 19.4. The maximum Gasteiger partial charge on any atom is 0.433 e. The predicted octanol–water partition coefficient (Wildman–Crippen LogP) is 1.02. The number of esters is 1. The lowest BCUT2D eigenvalue weighted by Crippen LogP contribution is -2.08. The lowest BCUT2D eigenvalue weighted by molar-refractivity contribution is -0.141. The lowest BCUT2D eigenvalue weighted by atomic mass is 10.3. The largest absolute Gasteiger partial charge is 0.459 e. The van der Waals surface area contributed by atoms with E-state index in [0.717, 1.165) is 13.4 Å². The molecule has 0 amide bonds. The van der Waals surface area contributed by atoms with Crippen LogP contribution in [-0.2, 0) is 15.7 Å². The van der Waals surface area contributed by atoms with E-state index >= 15 is 0 Å². The fourth-order valence-electron chi connectivity index (χ4n) is 0.747. The molecule has 0 atom stereocenters. The molecule has 1 aromatic rings. The fraction of sp³-hybridized carbons (Fsp3) is 0.222. The van der Waals surface area contributed by atoms with Gasteiger partial charge in [-0.25, -0.2) is 14.8 Å². The molecule has 1 heterocycles. The monoisotopic (exact) mass is 230 g/mol. The maximum absolute atomic E-state index is 12.2. The summed E-state index contributed by atoms with van der Waals surface area (Å²) in [5.74, 6) is 3.24. The van der Waals surface area contributed by atoms with Crippen LogP contribution in [0.4, 0.5) is 13.2 Å². The van der Waals surface area contributed by atoms with Crippen LogP contribution in [0.15, 0.2) is 12.4 Å². The Morgan fingerprint density at radius 3 is 2.69 bits per heavy atom. The Bertz CT molecular complexity index is 460. The van der Waals surface area contributed by atoms with Gasteiger partial charge in [-0.05, 0) is 5.92 Å². The zero-order chi connectivity index (χ0) is 12.2. The van der Waals surface area contributed by atoms with Crippen molar-refractivity contribution in [1.82, 2.24) is 9.97 Å². The molecule has 1 rings (SSSR count). The molecular weight excluding hydrogens is 225 g/mol. The molecule has 0 aliphatic carbocycles. The number of halogens is 3. The molecule has 4 nitrogen and oxygen atoms in total. The zero-order valence-corrected chi connectivity index (χ0v) is 8.00. The first kappa shape index (κ1) is 12.0. The molecule has 0 saturated heterocycles. The summed E-state index contributed by atoms with van der Waals surface area (Å²) >= 11 is 0.